The number of aliphatic carboxylic acids is 1. The minimum absolute atomic E-state index is 0.0233. The van der Waals surface area contributed by atoms with Crippen molar-refractivity contribution in [2.45, 2.75) is 25.4 Å². The zero-order valence-electron chi connectivity index (χ0n) is 22.1. The lowest BCUT2D eigenvalue weighted by atomic mass is 9.92. The first-order chi connectivity index (χ1) is 19.7. The minimum Gasteiger partial charge on any atom is -0.478 e. The number of nitrogen functional groups attached to an aromatic ring is 2. The SMILES string of the molecule is CC(CC(=O)c1cc(N)c(Oc2ccc3cc(C(=N)N)ccc3c2)c(C(=O)O)c1)c1ccccc1.O=C(O)C(F)(F)F. The van der Waals surface area contributed by atoms with E-state index >= 15 is 0 Å². The molecule has 12 heteroatoms. The summed E-state index contributed by atoms with van der Waals surface area (Å²) in [7, 11) is 0. The Hall–Kier alpha value is -5.39. The number of carboxylic acid groups (broad SMARTS) is 2. The van der Waals surface area contributed by atoms with Gasteiger partial charge in [0.15, 0.2) is 11.5 Å². The lowest BCUT2D eigenvalue weighted by Gasteiger charge is -2.15. The molecule has 0 aromatic heterocycles. The van der Waals surface area contributed by atoms with Gasteiger partial charge in [-0.3, -0.25) is 10.2 Å². The number of carboxylic acids is 2. The monoisotopic (exact) mass is 581 g/mol. The number of ketones is 1. The van der Waals surface area contributed by atoms with Crippen LogP contribution in [0.1, 0.15) is 51.1 Å². The predicted octanol–water partition coefficient (Wildman–Crippen LogP) is 6.21. The van der Waals surface area contributed by atoms with Crippen LogP contribution in [0.5, 0.6) is 11.5 Å². The molecule has 1 unspecified atom stereocenters. The van der Waals surface area contributed by atoms with Gasteiger partial charge in [-0.2, -0.15) is 13.2 Å². The third-order valence-electron chi connectivity index (χ3n) is 6.12. The van der Waals surface area contributed by atoms with Crippen molar-refractivity contribution < 1.29 is 42.5 Å². The van der Waals surface area contributed by atoms with Gasteiger partial charge in [0.1, 0.15) is 17.1 Å². The summed E-state index contributed by atoms with van der Waals surface area (Å²) in [5.41, 5.74) is 13.5. The van der Waals surface area contributed by atoms with Crippen LogP contribution in [0.15, 0.2) is 78.9 Å². The second kappa shape index (κ2) is 12.9. The molecular formula is C30H26F3N3O6. The van der Waals surface area contributed by atoms with Crippen molar-refractivity contribution in [2.24, 2.45) is 5.73 Å². The zero-order chi connectivity index (χ0) is 31.2. The molecule has 1 atom stereocenters. The summed E-state index contributed by atoms with van der Waals surface area (Å²) in [4.78, 5) is 33.8. The fraction of sp³-hybridized carbons (Fsp3) is 0.133. The van der Waals surface area contributed by atoms with E-state index < -0.39 is 18.1 Å². The summed E-state index contributed by atoms with van der Waals surface area (Å²) in [6, 6.07) is 22.9. The lowest BCUT2D eigenvalue weighted by molar-refractivity contribution is -0.192. The molecule has 0 spiro atoms. The van der Waals surface area contributed by atoms with Crippen molar-refractivity contribution in [3.8, 4) is 11.5 Å². The molecule has 0 saturated heterocycles. The maximum absolute atomic E-state index is 12.9. The highest BCUT2D eigenvalue weighted by Crippen LogP contribution is 2.35. The number of nitrogens with two attached hydrogens (primary N) is 2. The van der Waals surface area contributed by atoms with E-state index in [0.717, 1.165) is 16.3 Å². The van der Waals surface area contributed by atoms with E-state index in [2.05, 4.69) is 0 Å². The van der Waals surface area contributed by atoms with Gasteiger partial charge in [-0.05, 0) is 52.6 Å². The van der Waals surface area contributed by atoms with Crippen molar-refractivity contribution in [2.75, 3.05) is 5.73 Å². The number of hydrogen-bond donors (Lipinski definition) is 5. The standard InChI is InChI=1S/C28H25N3O4.C2HF3O2/c1-16(17-5-3-2-4-6-17)11-25(32)21-14-23(28(33)34)26(24(29)15-21)35-22-10-9-18-12-20(27(30)31)8-7-19(18)13-22;3-2(4,5)1(6)7/h2-10,12-16H,11,29H2,1H3,(H3,30,31)(H,33,34);(H,6,7). The van der Waals surface area contributed by atoms with E-state index in [0.29, 0.717) is 11.3 Å². The smallest absolute Gasteiger partial charge is 0.478 e. The van der Waals surface area contributed by atoms with Crippen LogP contribution >= 0.6 is 0 Å². The number of amidine groups is 1. The number of carbonyl (C=O) groups excluding carboxylic acids is 1. The quantitative estimate of drug-likeness (QED) is 0.0706. The number of benzene rings is 4. The van der Waals surface area contributed by atoms with Crippen LogP contribution in [-0.4, -0.2) is 39.9 Å². The summed E-state index contributed by atoms with van der Waals surface area (Å²) in [6.45, 7) is 1.95. The average molecular weight is 582 g/mol. The largest absolute Gasteiger partial charge is 0.490 e. The van der Waals surface area contributed by atoms with Crippen molar-refractivity contribution in [1.29, 1.82) is 5.41 Å². The molecule has 0 radical (unpaired) electrons. The van der Waals surface area contributed by atoms with Crippen LogP contribution in [0, 0.1) is 5.41 Å². The maximum atomic E-state index is 12.9. The Kier molecular flexibility index (Phi) is 9.53. The first-order valence-electron chi connectivity index (χ1n) is 12.3. The number of carbonyl (C=O) groups is 3. The molecule has 42 heavy (non-hydrogen) atoms. The molecule has 218 valence electrons. The van der Waals surface area contributed by atoms with E-state index in [1.54, 1.807) is 36.4 Å². The lowest BCUT2D eigenvalue weighted by Crippen LogP contribution is -2.21. The fourth-order valence-corrected chi connectivity index (χ4v) is 3.95. The van der Waals surface area contributed by atoms with Crippen LogP contribution in [0.4, 0.5) is 18.9 Å². The molecule has 0 fully saturated rings. The Morgan fingerprint density at radius 3 is 2.07 bits per heavy atom. The maximum Gasteiger partial charge on any atom is 0.490 e. The highest BCUT2D eigenvalue weighted by molar-refractivity contribution is 6.02. The Morgan fingerprint density at radius 1 is 0.905 bits per heavy atom. The molecule has 0 aliphatic carbocycles. The molecule has 0 saturated carbocycles. The molecule has 0 aliphatic heterocycles. The summed E-state index contributed by atoms with van der Waals surface area (Å²) in [6.07, 6.45) is -4.87. The van der Waals surface area contributed by atoms with Gasteiger partial charge in [-0.15, -0.1) is 0 Å². The molecule has 7 N–H and O–H groups in total. The number of alkyl halides is 3. The molecule has 4 aromatic rings. The Balaban J connectivity index is 0.000000616. The van der Waals surface area contributed by atoms with Crippen LogP contribution < -0.4 is 16.2 Å². The third kappa shape index (κ3) is 7.84. The van der Waals surface area contributed by atoms with E-state index in [9.17, 15) is 27.9 Å². The first-order valence-corrected chi connectivity index (χ1v) is 12.3. The van der Waals surface area contributed by atoms with Crippen molar-refractivity contribution in [3.63, 3.8) is 0 Å². The number of hydrogen-bond acceptors (Lipinski definition) is 6. The van der Waals surface area contributed by atoms with E-state index in [-0.39, 0.29) is 46.5 Å². The molecule has 0 amide bonds. The Bertz CT molecular complexity index is 1660. The molecule has 0 aliphatic rings. The van der Waals surface area contributed by atoms with Crippen molar-refractivity contribution >= 4 is 40.0 Å². The van der Waals surface area contributed by atoms with Crippen LogP contribution in [-0.2, 0) is 4.79 Å². The summed E-state index contributed by atoms with van der Waals surface area (Å²) in [5.74, 6) is -3.90. The van der Waals surface area contributed by atoms with Gasteiger partial charge in [-0.1, -0.05) is 55.5 Å². The van der Waals surface area contributed by atoms with Crippen LogP contribution in [0.2, 0.25) is 0 Å². The van der Waals surface area contributed by atoms with Gasteiger partial charge in [-0.25, -0.2) is 9.59 Å². The molecule has 0 bridgehead atoms. The van der Waals surface area contributed by atoms with Gasteiger partial charge in [0.2, 0.25) is 0 Å². The van der Waals surface area contributed by atoms with Gasteiger partial charge in [0, 0.05) is 17.5 Å². The number of nitrogens with one attached hydrogen (secondary N) is 1. The van der Waals surface area contributed by atoms with E-state index in [1.807, 2.05) is 37.3 Å². The number of Topliss-reactive ketones (excluding diaryl/α,β-unsaturated/α-hetero) is 1. The summed E-state index contributed by atoms with van der Waals surface area (Å²) in [5, 5.41) is 26.2. The summed E-state index contributed by atoms with van der Waals surface area (Å²) >= 11 is 0. The number of rotatable bonds is 8. The molecule has 4 rings (SSSR count). The van der Waals surface area contributed by atoms with Crippen LogP contribution in [0.25, 0.3) is 10.8 Å². The first kappa shape index (κ1) is 31.1. The number of fused-ring (bicyclic) bond motifs is 1. The third-order valence-corrected chi connectivity index (χ3v) is 6.12. The second-order valence-corrected chi connectivity index (χ2v) is 9.23. The molecule has 9 nitrogen and oxygen atoms in total. The fourth-order valence-electron chi connectivity index (χ4n) is 3.95. The minimum atomic E-state index is -5.08. The normalized spacial score (nSPS) is 11.6. The van der Waals surface area contributed by atoms with Gasteiger partial charge < -0.3 is 26.4 Å². The molecule has 0 heterocycles. The highest BCUT2D eigenvalue weighted by atomic mass is 19.4. The topological polar surface area (TPSA) is 177 Å². The van der Waals surface area contributed by atoms with E-state index in [4.69, 9.17) is 31.5 Å². The van der Waals surface area contributed by atoms with Gasteiger partial charge >= 0.3 is 18.1 Å². The highest BCUT2D eigenvalue weighted by Gasteiger charge is 2.38. The number of ether oxygens (including phenoxy) is 1. The summed E-state index contributed by atoms with van der Waals surface area (Å²) < 4.78 is 37.6. The van der Waals surface area contributed by atoms with E-state index in [1.165, 1.54) is 12.1 Å². The Labute approximate surface area is 237 Å². The van der Waals surface area contributed by atoms with Crippen molar-refractivity contribution in [3.05, 3.63) is 101 Å². The number of halogens is 3. The average Bonchev–Trinajstić information content (AvgIpc) is 2.93. The number of anilines is 1. The Morgan fingerprint density at radius 2 is 1.50 bits per heavy atom. The number of aromatic carboxylic acids is 1. The van der Waals surface area contributed by atoms with Crippen LogP contribution in [0.3, 0.4) is 0 Å². The zero-order valence-corrected chi connectivity index (χ0v) is 22.1. The molecule has 4 aromatic carbocycles. The molecular weight excluding hydrogens is 555 g/mol. The van der Waals surface area contributed by atoms with Gasteiger partial charge in [0.25, 0.3) is 0 Å². The second-order valence-electron chi connectivity index (χ2n) is 9.23. The predicted molar refractivity (Wildman–Crippen MR) is 150 cm³/mol. The van der Waals surface area contributed by atoms with Gasteiger partial charge in [0.05, 0.1) is 5.69 Å². The van der Waals surface area contributed by atoms with Crippen molar-refractivity contribution in [1.82, 2.24) is 0 Å².